The first-order valence-corrected chi connectivity index (χ1v) is 12.5. The Morgan fingerprint density at radius 3 is 2.57 bits per heavy atom. The van der Waals surface area contributed by atoms with Gasteiger partial charge in [-0.05, 0) is 55.7 Å². The van der Waals surface area contributed by atoms with E-state index in [4.69, 9.17) is 25.8 Å². The van der Waals surface area contributed by atoms with Crippen molar-refractivity contribution in [3.63, 3.8) is 0 Å². The molecular weight excluding hydrogens is 534 g/mol. The van der Waals surface area contributed by atoms with Crippen LogP contribution in [-0.4, -0.2) is 35.6 Å². The van der Waals surface area contributed by atoms with Gasteiger partial charge in [0.15, 0.2) is 0 Å². The van der Waals surface area contributed by atoms with Crippen molar-refractivity contribution < 1.29 is 23.8 Å². The third-order valence-corrected chi connectivity index (χ3v) is 6.64. The smallest absolute Gasteiger partial charge is 0.313 e. The first kappa shape index (κ1) is 25.1. The van der Waals surface area contributed by atoms with Crippen molar-refractivity contribution in [3.05, 3.63) is 88.4 Å². The second-order valence-electron chi connectivity index (χ2n) is 8.02. The predicted octanol–water partition coefficient (Wildman–Crippen LogP) is 6.56. The molecule has 3 aromatic rings. The summed E-state index contributed by atoms with van der Waals surface area (Å²) in [7, 11) is 0. The zero-order chi connectivity index (χ0) is 24.8. The number of ether oxygens (including phenoxy) is 3. The highest BCUT2D eigenvalue weighted by Crippen LogP contribution is 2.42. The molecule has 0 radical (unpaired) electrons. The van der Waals surface area contributed by atoms with Crippen molar-refractivity contribution in [2.75, 3.05) is 19.8 Å². The lowest BCUT2D eigenvalue weighted by molar-refractivity contribution is -0.145. The van der Waals surface area contributed by atoms with Crippen LogP contribution in [0.1, 0.15) is 40.7 Å². The van der Waals surface area contributed by atoms with Crippen LogP contribution < -0.4 is 9.47 Å². The molecule has 0 bridgehead atoms. The maximum absolute atomic E-state index is 12.7. The van der Waals surface area contributed by atoms with E-state index in [2.05, 4.69) is 16.1 Å². The third kappa shape index (κ3) is 6.16. The molecule has 6 nitrogen and oxygen atoms in total. The van der Waals surface area contributed by atoms with Crippen LogP contribution in [0, 0.1) is 0 Å². The van der Waals surface area contributed by atoms with Crippen molar-refractivity contribution in [1.82, 2.24) is 3.93 Å². The van der Waals surface area contributed by atoms with Crippen LogP contribution >= 0.6 is 27.7 Å². The van der Waals surface area contributed by atoms with Crippen LogP contribution in [0.3, 0.4) is 0 Å². The normalized spacial score (nSPS) is 14.4. The summed E-state index contributed by atoms with van der Waals surface area (Å²) >= 11 is 9.83. The number of rotatable bonds is 8. The molecule has 0 aromatic heterocycles. The van der Waals surface area contributed by atoms with Gasteiger partial charge in [-0.3, -0.25) is 13.5 Å². The number of carbonyl (C=O) groups excluding carboxylic acids is 2. The van der Waals surface area contributed by atoms with Crippen LogP contribution in [0.2, 0.25) is 5.02 Å². The van der Waals surface area contributed by atoms with Crippen molar-refractivity contribution in [2.45, 2.75) is 25.7 Å². The first-order chi connectivity index (χ1) is 17.0. The maximum atomic E-state index is 12.7. The second-order valence-corrected chi connectivity index (χ2v) is 9.28. The molecule has 1 heterocycles. The van der Waals surface area contributed by atoms with Gasteiger partial charge in [-0.25, -0.2) is 0 Å². The van der Waals surface area contributed by atoms with E-state index in [0.29, 0.717) is 59.6 Å². The van der Waals surface area contributed by atoms with Crippen LogP contribution in [0.15, 0.2) is 66.7 Å². The largest absolute Gasteiger partial charge is 0.493 e. The molecule has 0 saturated heterocycles. The molecule has 182 valence electrons. The fourth-order valence-corrected chi connectivity index (χ4v) is 4.45. The van der Waals surface area contributed by atoms with Gasteiger partial charge in [0, 0.05) is 23.7 Å². The Morgan fingerprint density at radius 2 is 1.86 bits per heavy atom. The highest BCUT2D eigenvalue weighted by molar-refractivity contribution is 9.07. The standard InChI is InChI=1S/C27H25BrClNO5/c1-2-33-27(32)21-13-15-34-24-17-25(23(29)16-22(21)24)35-20-10-8-19(9-11-20)26(31)30(28)14-12-18-6-4-3-5-7-18/h3-11,16-17,21H,2,12-15H2,1H3. The van der Waals surface area contributed by atoms with Gasteiger partial charge < -0.3 is 14.2 Å². The number of hydrogen-bond donors (Lipinski definition) is 0. The summed E-state index contributed by atoms with van der Waals surface area (Å²) in [6.07, 6.45) is 1.28. The summed E-state index contributed by atoms with van der Waals surface area (Å²) in [5.41, 5.74) is 2.38. The highest BCUT2D eigenvalue weighted by Gasteiger charge is 2.30. The van der Waals surface area contributed by atoms with Gasteiger partial charge in [0.2, 0.25) is 0 Å². The molecule has 0 aliphatic carbocycles. The molecule has 4 rings (SSSR count). The Hall–Kier alpha value is -3.03. The van der Waals surface area contributed by atoms with Crippen LogP contribution in [-0.2, 0) is 16.0 Å². The molecule has 0 N–H and O–H groups in total. The van der Waals surface area contributed by atoms with Gasteiger partial charge in [0.1, 0.15) is 17.2 Å². The molecule has 1 unspecified atom stereocenters. The van der Waals surface area contributed by atoms with Crippen LogP contribution in [0.4, 0.5) is 0 Å². The quantitative estimate of drug-likeness (QED) is 0.232. The van der Waals surface area contributed by atoms with Gasteiger partial charge >= 0.3 is 5.97 Å². The number of hydrogen-bond acceptors (Lipinski definition) is 5. The number of carbonyl (C=O) groups is 2. The minimum absolute atomic E-state index is 0.141. The lowest BCUT2D eigenvalue weighted by Gasteiger charge is -2.25. The van der Waals surface area contributed by atoms with Crippen LogP contribution in [0.5, 0.6) is 17.2 Å². The van der Waals surface area contributed by atoms with Gasteiger partial charge in [-0.2, -0.15) is 0 Å². The molecule has 0 saturated carbocycles. The van der Waals surface area contributed by atoms with E-state index in [1.54, 1.807) is 43.3 Å². The van der Waals surface area contributed by atoms with Crippen molar-refractivity contribution in [1.29, 1.82) is 0 Å². The number of halogens is 2. The summed E-state index contributed by atoms with van der Waals surface area (Å²) < 4.78 is 18.4. The molecule has 1 amide bonds. The second kappa shape index (κ2) is 11.6. The van der Waals surface area contributed by atoms with E-state index < -0.39 is 5.92 Å². The molecule has 0 spiro atoms. The topological polar surface area (TPSA) is 65.1 Å². The van der Waals surface area contributed by atoms with E-state index in [1.165, 1.54) is 3.93 Å². The fraction of sp³-hybridized carbons (Fsp3) is 0.259. The van der Waals surface area contributed by atoms with Crippen molar-refractivity contribution in [2.24, 2.45) is 0 Å². The van der Waals surface area contributed by atoms with Crippen LogP contribution in [0.25, 0.3) is 0 Å². The minimum Gasteiger partial charge on any atom is -0.493 e. The zero-order valence-electron chi connectivity index (χ0n) is 19.2. The first-order valence-electron chi connectivity index (χ1n) is 11.4. The molecule has 3 aromatic carbocycles. The molecular formula is C27H25BrClNO5. The Balaban J connectivity index is 1.42. The predicted molar refractivity (Wildman–Crippen MR) is 138 cm³/mol. The van der Waals surface area contributed by atoms with Gasteiger partial charge in [-0.1, -0.05) is 41.9 Å². The van der Waals surface area contributed by atoms with Gasteiger partial charge in [0.05, 0.1) is 40.3 Å². The minimum atomic E-state index is -0.412. The lowest BCUT2D eigenvalue weighted by Crippen LogP contribution is -2.23. The monoisotopic (exact) mass is 557 g/mol. The Labute approximate surface area is 218 Å². The maximum Gasteiger partial charge on any atom is 0.313 e. The van der Waals surface area contributed by atoms with Gasteiger partial charge in [-0.15, -0.1) is 0 Å². The number of nitrogens with zero attached hydrogens (tertiary/aromatic N) is 1. The molecule has 0 fully saturated rings. The van der Waals surface area contributed by atoms with E-state index in [0.717, 1.165) is 12.0 Å². The van der Waals surface area contributed by atoms with E-state index >= 15 is 0 Å². The summed E-state index contributed by atoms with van der Waals surface area (Å²) in [5.74, 6) is 0.633. The Bertz CT molecular complexity index is 1190. The molecule has 8 heteroatoms. The van der Waals surface area contributed by atoms with Crippen molar-refractivity contribution in [3.8, 4) is 17.2 Å². The fourth-order valence-electron chi connectivity index (χ4n) is 3.86. The average molecular weight is 559 g/mol. The average Bonchev–Trinajstić information content (AvgIpc) is 2.88. The van der Waals surface area contributed by atoms with E-state index in [-0.39, 0.29) is 11.9 Å². The number of amides is 1. The summed E-state index contributed by atoms with van der Waals surface area (Å²) in [5, 5.41) is 0.358. The SMILES string of the molecule is CCOC(=O)C1CCOc2cc(Oc3ccc(C(=O)N(Br)CCc4ccccc4)cc3)c(Cl)cc21. The molecule has 35 heavy (non-hydrogen) atoms. The summed E-state index contributed by atoms with van der Waals surface area (Å²) in [6.45, 7) is 3.04. The molecule has 1 aliphatic rings. The Kier molecular flexibility index (Phi) is 8.31. The number of esters is 1. The van der Waals surface area contributed by atoms with E-state index in [1.807, 2.05) is 30.3 Å². The molecule has 1 aliphatic heterocycles. The lowest BCUT2D eigenvalue weighted by atomic mass is 9.93. The molecule has 1 atom stereocenters. The van der Waals surface area contributed by atoms with Gasteiger partial charge in [0.25, 0.3) is 5.91 Å². The number of fused-ring (bicyclic) bond motifs is 1. The zero-order valence-corrected chi connectivity index (χ0v) is 21.6. The number of benzene rings is 3. The Morgan fingerprint density at radius 1 is 1.11 bits per heavy atom. The third-order valence-electron chi connectivity index (χ3n) is 5.66. The summed E-state index contributed by atoms with van der Waals surface area (Å²) in [6, 6.07) is 20.2. The highest BCUT2D eigenvalue weighted by atomic mass is 79.9. The van der Waals surface area contributed by atoms with Crippen molar-refractivity contribution >= 4 is 39.6 Å². The summed E-state index contributed by atoms with van der Waals surface area (Å²) in [4.78, 5) is 25.1. The van der Waals surface area contributed by atoms with E-state index in [9.17, 15) is 9.59 Å².